The summed E-state index contributed by atoms with van der Waals surface area (Å²) in [5, 5.41) is 9.64. The summed E-state index contributed by atoms with van der Waals surface area (Å²) in [5.74, 6) is 1.45. The molecule has 4 heteroatoms. The molecule has 3 rings (SSSR count). The molecule has 1 heterocycles. The van der Waals surface area contributed by atoms with E-state index >= 15 is 0 Å². The highest BCUT2D eigenvalue weighted by molar-refractivity contribution is 9.10. The summed E-state index contributed by atoms with van der Waals surface area (Å²) in [7, 11) is 0. The quantitative estimate of drug-likeness (QED) is 0.941. The van der Waals surface area contributed by atoms with E-state index in [1.807, 2.05) is 42.5 Å². The van der Waals surface area contributed by atoms with Gasteiger partial charge in [-0.3, -0.25) is 0 Å². The third kappa shape index (κ3) is 2.60. The first-order valence-electron chi connectivity index (χ1n) is 6.05. The number of rotatable bonds is 3. The second-order valence-corrected chi connectivity index (χ2v) is 5.26. The molecule has 0 saturated heterocycles. The molecule has 19 heavy (non-hydrogen) atoms. The van der Waals surface area contributed by atoms with E-state index in [1.165, 1.54) is 0 Å². The molecule has 1 unspecified atom stereocenters. The van der Waals surface area contributed by atoms with E-state index in [2.05, 4.69) is 15.9 Å². The van der Waals surface area contributed by atoms with Gasteiger partial charge < -0.3 is 14.6 Å². The van der Waals surface area contributed by atoms with Crippen LogP contribution in [0.2, 0.25) is 0 Å². The van der Waals surface area contributed by atoms with E-state index in [-0.39, 0.29) is 0 Å². The fraction of sp³-hybridized carbons (Fsp3) is 0.200. The van der Waals surface area contributed by atoms with Crippen LogP contribution >= 0.6 is 15.9 Å². The van der Waals surface area contributed by atoms with Gasteiger partial charge in [-0.1, -0.05) is 34.1 Å². The summed E-state index contributed by atoms with van der Waals surface area (Å²) in [5.41, 5.74) is 1.91. The second kappa shape index (κ2) is 5.23. The Morgan fingerprint density at radius 3 is 2.95 bits per heavy atom. The number of benzene rings is 2. The molecule has 2 aromatic rings. The largest absolute Gasteiger partial charge is 0.490 e. The van der Waals surface area contributed by atoms with E-state index in [0.717, 1.165) is 21.3 Å². The average molecular weight is 321 g/mol. The fourth-order valence-corrected chi connectivity index (χ4v) is 2.44. The molecule has 0 aromatic heterocycles. The normalized spacial score (nSPS) is 16.8. The van der Waals surface area contributed by atoms with Gasteiger partial charge in [-0.25, -0.2) is 0 Å². The molecule has 0 bridgehead atoms. The van der Waals surface area contributed by atoms with Crippen molar-refractivity contribution < 1.29 is 14.6 Å². The summed E-state index contributed by atoms with van der Waals surface area (Å²) >= 11 is 3.49. The molecule has 1 atom stereocenters. The van der Waals surface area contributed by atoms with E-state index in [1.54, 1.807) is 0 Å². The van der Waals surface area contributed by atoms with Crippen LogP contribution in [0.25, 0.3) is 0 Å². The Hall–Kier alpha value is -1.52. The van der Waals surface area contributed by atoms with Crippen LogP contribution in [0.15, 0.2) is 46.9 Å². The Bertz CT molecular complexity index is 598. The van der Waals surface area contributed by atoms with Gasteiger partial charge in [-0.15, -0.1) is 0 Å². The molecular weight excluding hydrogens is 308 g/mol. The lowest BCUT2D eigenvalue weighted by Gasteiger charge is -2.09. The number of hydrogen-bond acceptors (Lipinski definition) is 3. The first-order chi connectivity index (χ1) is 9.24. The SMILES string of the molecule is OC1COc2cc(OCc3ccccc3Br)ccc21. The fourth-order valence-electron chi connectivity index (χ4n) is 2.04. The first-order valence-corrected chi connectivity index (χ1v) is 6.84. The summed E-state index contributed by atoms with van der Waals surface area (Å²) in [6.45, 7) is 0.811. The second-order valence-electron chi connectivity index (χ2n) is 4.41. The number of hydrogen-bond donors (Lipinski definition) is 1. The van der Waals surface area contributed by atoms with Gasteiger partial charge >= 0.3 is 0 Å². The summed E-state index contributed by atoms with van der Waals surface area (Å²) < 4.78 is 12.2. The van der Waals surface area contributed by atoms with Gasteiger partial charge in [0.15, 0.2) is 0 Å². The number of aliphatic hydroxyl groups is 1. The maximum Gasteiger partial charge on any atom is 0.129 e. The van der Waals surface area contributed by atoms with Gasteiger partial charge in [-0.2, -0.15) is 0 Å². The maximum absolute atomic E-state index is 9.64. The van der Waals surface area contributed by atoms with Crippen molar-refractivity contribution in [3.05, 3.63) is 58.1 Å². The van der Waals surface area contributed by atoms with E-state index in [4.69, 9.17) is 9.47 Å². The highest BCUT2D eigenvalue weighted by Crippen LogP contribution is 2.35. The molecule has 0 amide bonds. The third-order valence-corrected chi connectivity index (χ3v) is 3.87. The Morgan fingerprint density at radius 2 is 2.11 bits per heavy atom. The molecule has 1 aliphatic heterocycles. The Morgan fingerprint density at radius 1 is 1.26 bits per heavy atom. The summed E-state index contributed by atoms with van der Waals surface area (Å²) in [4.78, 5) is 0. The highest BCUT2D eigenvalue weighted by Gasteiger charge is 2.22. The molecule has 2 aromatic carbocycles. The predicted molar refractivity (Wildman–Crippen MR) is 75.4 cm³/mol. The van der Waals surface area contributed by atoms with E-state index in [0.29, 0.717) is 19.0 Å². The topological polar surface area (TPSA) is 38.7 Å². The highest BCUT2D eigenvalue weighted by atomic mass is 79.9. The van der Waals surface area contributed by atoms with Gasteiger partial charge in [0.1, 0.15) is 30.8 Å². The summed E-state index contributed by atoms with van der Waals surface area (Å²) in [6, 6.07) is 13.5. The van der Waals surface area contributed by atoms with Crippen molar-refractivity contribution in [1.82, 2.24) is 0 Å². The molecule has 1 aliphatic rings. The minimum atomic E-state index is -0.521. The van der Waals surface area contributed by atoms with Crippen LogP contribution in [0.1, 0.15) is 17.2 Å². The molecule has 0 fully saturated rings. The third-order valence-electron chi connectivity index (χ3n) is 3.09. The zero-order valence-electron chi connectivity index (χ0n) is 10.2. The van der Waals surface area contributed by atoms with Crippen LogP contribution in [0.4, 0.5) is 0 Å². The van der Waals surface area contributed by atoms with Crippen LogP contribution in [-0.2, 0) is 6.61 Å². The Labute approximate surface area is 119 Å². The van der Waals surface area contributed by atoms with Crippen LogP contribution in [0.3, 0.4) is 0 Å². The van der Waals surface area contributed by atoms with E-state index in [9.17, 15) is 5.11 Å². The van der Waals surface area contributed by atoms with Gasteiger partial charge in [0, 0.05) is 21.7 Å². The van der Waals surface area contributed by atoms with Crippen LogP contribution in [0.5, 0.6) is 11.5 Å². The Kier molecular flexibility index (Phi) is 3.44. The Balaban J connectivity index is 1.73. The van der Waals surface area contributed by atoms with Crippen molar-refractivity contribution in [2.75, 3.05) is 6.61 Å². The zero-order valence-corrected chi connectivity index (χ0v) is 11.8. The molecule has 0 spiro atoms. The minimum Gasteiger partial charge on any atom is -0.490 e. The van der Waals surface area contributed by atoms with Crippen molar-refractivity contribution in [2.24, 2.45) is 0 Å². The molecular formula is C15H13BrO3. The number of halogens is 1. The zero-order chi connectivity index (χ0) is 13.2. The standard InChI is InChI=1S/C15H13BrO3/c16-13-4-2-1-3-10(13)8-18-11-5-6-12-14(17)9-19-15(12)7-11/h1-7,14,17H,8-9H2. The first kappa shape index (κ1) is 12.5. The predicted octanol–water partition coefficient (Wildman–Crippen LogP) is 3.45. The summed E-state index contributed by atoms with van der Waals surface area (Å²) in [6.07, 6.45) is -0.521. The van der Waals surface area contributed by atoms with Crippen LogP contribution < -0.4 is 9.47 Å². The van der Waals surface area contributed by atoms with Gasteiger partial charge in [0.05, 0.1) is 0 Å². The maximum atomic E-state index is 9.64. The van der Waals surface area contributed by atoms with E-state index < -0.39 is 6.10 Å². The molecule has 1 N–H and O–H groups in total. The van der Waals surface area contributed by atoms with Crippen LogP contribution in [0, 0.1) is 0 Å². The molecule has 0 saturated carbocycles. The number of ether oxygens (including phenoxy) is 2. The molecule has 98 valence electrons. The minimum absolute atomic E-state index is 0.322. The van der Waals surface area contributed by atoms with Crippen molar-refractivity contribution >= 4 is 15.9 Å². The molecule has 0 radical (unpaired) electrons. The van der Waals surface area contributed by atoms with Gasteiger partial charge in [0.2, 0.25) is 0 Å². The van der Waals surface area contributed by atoms with Crippen LogP contribution in [-0.4, -0.2) is 11.7 Å². The van der Waals surface area contributed by atoms with Crippen molar-refractivity contribution in [3.8, 4) is 11.5 Å². The van der Waals surface area contributed by atoms with Crippen molar-refractivity contribution in [2.45, 2.75) is 12.7 Å². The van der Waals surface area contributed by atoms with Gasteiger partial charge in [-0.05, 0) is 18.2 Å². The lowest BCUT2D eigenvalue weighted by Crippen LogP contribution is -1.97. The number of fused-ring (bicyclic) bond motifs is 1. The van der Waals surface area contributed by atoms with Crippen molar-refractivity contribution in [3.63, 3.8) is 0 Å². The molecule has 0 aliphatic carbocycles. The number of aliphatic hydroxyl groups excluding tert-OH is 1. The lowest BCUT2D eigenvalue weighted by molar-refractivity contribution is 0.140. The average Bonchev–Trinajstić information content (AvgIpc) is 2.79. The van der Waals surface area contributed by atoms with Gasteiger partial charge in [0.25, 0.3) is 0 Å². The molecule has 3 nitrogen and oxygen atoms in total. The lowest BCUT2D eigenvalue weighted by atomic mass is 10.1. The van der Waals surface area contributed by atoms with Crippen molar-refractivity contribution in [1.29, 1.82) is 0 Å². The monoisotopic (exact) mass is 320 g/mol. The smallest absolute Gasteiger partial charge is 0.129 e.